The molecule has 1 fully saturated rings. The molecule has 3 rings (SSSR count). The summed E-state index contributed by atoms with van der Waals surface area (Å²) in [5.41, 5.74) is -0.0634. The number of rotatable bonds is 8. The van der Waals surface area contributed by atoms with Crippen LogP contribution in [0, 0.1) is 17.6 Å². The quantitative estimate of drug-likeness (QED) is 0.556. The molecule has 0 aliphatic heterocycles. The van der Waals surface area contributed by atoms with Crippen LogP contribution in [0.1, 0.15) is 56.3 Å². The van der Waals surface area contributed by atoms with Crippen molar-refractivity contribution in [2.75, 3.05) is 0 Å². The van der Waals surface area contributed by atoms with Gasteiger partial charge in [0.2, 0.25) is 11.8 Å². The first-order valence-corrected chi connectivity index (χ1v) is 11.1. The second-order valence-electron chi connectivity index (χ2n) is 8.74. The third-order valence-electron chi connectivity index (χ3n) is 5.50. The average molecular weight is 462 g/mol. The standard InChI is InChI=1S/C24H29F2N3O4/c1-14(2)11-21(30)23(32)29-18-7-5-17(6-8-18)28-22(31)20-12-16(26)13-27-24(20)33-19-9-3-15(25)4-10-19/h3-4,9-10,12-14,17-18,21,30H,5-8,11H2,1-2H3,(H,28,31)(H,29,32)/t17?,18?,21-/m0/s1. The van der Waals surface area contributed by atoms with Gasteiger partial charge in [-0.05, 0) is 68.4 Å². The lowest BCUT2D eigenvalue weighted by molar-refractivity contribution is -0.131. The Labute approximate surface area is 191 Å². The van der Waals surface area contributed by atoms with Crippen LogP contribution >= 0.6 is 0 Å². The Hall–Kier alpha value is -3.07. The lowest BCUT2D eigenvalue weighted by atomic mass is 9.90. The Morgan fingerprint density at radius 3 is 2.27 bits per heavy atom. The molecule has 0 radical (unpaired) electrons. The van der Waals surface area contributed by atoms with Gasteiger partial charge in [-0.3, -0.25) is 9.59 Å². The zero-order valence-corrected chi connectivity index (χ0v) is 18.7. The first kappa shape index (κ1) is 24.6. The average Bonchev–Trinajstić information content (AvgIpc) is 2.77. The van der Waals surface area contributed by atoms with Gasteiger partial charge >= 0.3 is 0 Å². The largest absolute Gasteiger partial charge is 0.438 e. The minimum Gasteiger partial charge on any atom is -0.438 e. The number of aromatic nitrogens is 1. The second kappa shape index (κ2) is 11.2. The van der Waals surface area contributed by atoms with Crippen molar-refractivity contribution in [3.05, 3.63) is 53.7 Å². The van der Waals surface area contributed by atoms with Crippen LogP contribution in [0.5, 0.6) is 11.6 Å². The number of benzene rings is 1. The first-order valence-electron chi connectivity index (χ1n) is 11.1. The SMILES string of the molecule is CC(C)C[C@H](O)C(=O)NC1CCC(NC(=O)c2cc(F)cnc2Oc2ccc(F)cc2)CC1. The van der Waals surface area contributed by atoms with E-state index in [2.05, 4.69) is 15.6 Å². The normalized spacial score (nSPS) is 19.1. The minimum atomic E-state index is -1.03. The molecule has 1 aromatic carbocycles. The van der Waals surface area contributed by atoms with Gasteiger partial charge in [-0.15, -0.1) is 0 Å². The highest BCUT2D eigenvalue weighted by Crippen LogP contribution is 2.25. The van der Waals surface area contributed by atoms with Crippen molar-refractivity contribution in [1.82, 2.24) is 15.6 Å². The molecule has 3 N–H and O–H groups in total. The summed E-state index contributed by atoms with van der Waals surface area (Å²) in [4.78, 5) is 28.8. The number of carbonyl (C=O) groups excluding carboxylic acids is 2. The van der Waals surface area contributed by atoms with E-state index >= 15 is 0 Å². The monoisotopic (exact) mass is 461 g/mol. The van der Waals surface area contributed by atoms with Gasteiger partial charge < -0.3 is 20.5 Å². The Kier molecular flexibility index (Phi) is 8.32. The van der Waals surface area contributed by atoms with E-state index in [0.29, 0.717) is 32.1 Å². The number of carbonyl (C=O) groups is 2. The zero-order valence-electron chi connectivity index (χ0n) is 18.7. The van der Waals surface area contributed by atoms with Crippen LogP contribution in [0.3, 0.4) is 0 Å². The van der Waals surface area contributed by atoms with Gasteiger partial charge in [-0.1, -0.05) is 13.8 Å². The summed E-state index contributed by atoms with van der Waals surface area (Å²) < 4.78 is 32.5. The molecule has 0 saturated heterocycles. The molecule has 178 valence electrons. The van der Waals surface area contributed by atoms with E-state index in [9.17, 15) is 23.5 Å². The maximum Gasteiger partial charge on any atom is 0.257 e. The number of aliphatic hydroxyl groups excluding tert-OH is 1. The summed E-state index contributed by atoms with van der Waals surface area (Å²) in [6.45, 7) is 3.88. The molecule has 2 aromatic rings. The second-order valence-corrected chi connectivity index (χ2v) is 8.74. The molecule has 1 aliphatic rings. The molecule has 33 heavy (non-hydrogen) atoms. The van der Waals surface area contributed by atoms with E-state index in [1.54, 1.807) is 0 Å². The Balaban J connectivity index is 1.56. The summed E-state index contributed by atoms with van der Waals surface area (Å²) in [6.07, 6.45) is 2.85. The predicted octanol–water partition coefficient (Wildman–Crippen LogP) is 3.72. The van der Waals surface area contributed by atoms with Gasteiger partial charge in [-0.25, -0.2) is 13.8 Å². The van der Waals surface area contributed by atoms with Crippen LogP contribution in [0.25, 0.3) is 0 Å². The molecule has 1 aromatic heterocycles. The Morgan fingerprint density at radius 2 is 1.67 bits per heavy atom. The van der Waals surface area contributed by atoms with Crippen LogP contribution in [0.4, 0.5) is 8.78 Å². The molecule has 1 saturated carbocycles. The number of nitrogens with zero attached hydrogens (tertiary/aromatic N) is 1. The van der Waals surface area contributed by atoms with E-state index < -0.39 is 23.6 Å². The molecular weight excluding hydrogens is 432 g/mol. The third-order valence-corrected chi connectivity index (χ3v) is 5.50. The fourth-order valence-electron chi connectivity index (χ4n) is 3.78. The van der Waals surface area contributed by atoms with Crippen LogP contribution in [0.2, 0.25) is 0 Å². The first-order chi connectivity index (χ1) is 15.7. The summed E-state index contributed by atoms with van der Waals surface area (Å²) in [5.74, 6) is -1.62. The predicted molar refractivity (Wildman–Crippen MR) is 118 cm³/mol. The molecule has 1 atom stereocenters. The van der Waals surface area contributed by atoms with E-state index in [1.165, 1.54) is 24.3 Å². The molecule has 1 aliphatic carbocycles. The fourth-order valence-corrected chi connectivity index (χ4v) is 3.78. The molecule has 9 heteroatoms. The summed E-state index contributed by atoms with van der Waals surface area (Å²) in [6, 6.07) is 6.00. The highest BCUT2D eigenvalue weighted by atomic mass is 19.1. The Morgan fingerprint density at radius 1 is 1.06 bits per heavy atom. The maximum atomic E-state index is 13.8. The van der Waals surface area contributed by atoms with Crippen LogP contribution in [-0.2, 0) is 4.79 Å². The summed E-state index contributed by atoms with van der Waals surface area (Å²) in [5, 5.41) is 15.7. The minimum absolute atomic E-state index is 0.0634. The number of hydrogen-bond donors (Lipinski definition) is 3. The van der Waals surface area contributed by atoms with Gasteiger partial charge in [0.25, 0.3) is 5.91 Å². The third kappa shape index (κ3) is 7.21. The number of ether oxygens (including phenoxy) is 1. The van der Waals surface area contributed by atoms with Gasteiger partial charge in [0.15, 0.2) is 0 Å². The van der Waals surface area contributed by atoms with Crippen molar-refractivity contribution in [3.63, 3.8) is 0 Å². The maximum absolute atomic E-state index is 13.8. The number of hydrogen-bond acceptors (Lipinski definition) is 5. The Bertz CT molecular complexity index is 961. The van der Waals surface area contributed by atoms with Crippen molar-refractivity contribution in [3.8, 4) is 11.6 Å². The number of nitrogens with one attached hydrogen (secondary N) is 2. The van der Waals surface area contributed by atoms with Crippen LogP contribution in [0.15, 0.2) is 36.5 Å². The topological polar surface area (TPSA) is 101 Å². The lowest BCUT2D eigenvalue weighted by Crippen LogP contribution is -2.46. The van der Waals surface area contributed by atoms with Gasteiger partial charge in [-0.2, -0.15) is 0 Å². The highest BCUT2D eigenvalue weighted by molar-refractivity contribution is 5.96. The molecule has 2 amide bonds. The highest BCUT2D eigenvalue weighted by Gasteiger charge is 2.27. The summed E-state index contributed by atoms with van der Waals surface area (Å²) in [7, 11) is 0. The van der Waals surface area contributed by atoms with E-state index in [4.69, 9.17) is 4.74 Å². The number of amides is 2. The molecule has 0 bridgehead atoms. The molecular formula is C24H29F2N3O4. The van der Waals surface area contributed by atoms with E-state index in [-0.39, 0.29) is 41.1 Å². The van der Waals surface area contributed by atoms with Crippen molar-refractivity contribution in [2.24, 2.45) is 5.92 Å². The van der Waals surface area contributed by atoms with Crippen LogP contribution < -0.4 is 15.4 Å². The number of pyridine rings is 1. The molecule has 0 spiro atoms. The van der Waals surface area contributed by atoms with Crippen molar-refractivity contribution >= 4 is 11.8 Å². The van der Waals surface area contributed by atoms with Crippen molar-refractivity contribution in [2.45, 2.75) is 64.1 Å². The zero-order chi connectivity index (χ0) is 24.0. The van der Waals surface area contributed by atoms with Gasteiger partial charge in [0, 0.05) is 12.1 Å². The van der Waals surface area contributed by atoms with Gasteiger partial charge in [0.1, 0.15) is 29.1 Å². The van der Waals surface area contributed by atoms with Crippen LogP contribution in [-0.4, -0.2) is 40.1 Å². The van der Waals surface area contributed by atoms with Gasteiger partial charge in [0.05, 0.1) is 6.20 Å². The van der Waals surface area contributed by atoms with Crippen molar-refractivity contribution < 1.29 is 28.2 Å². The smallest absolute Gasteiger partial charge is 0.257 e. The molecule has 1 heterocycles. The van der Waals surface area contributed by atoms with Crippen molar-refractivity contribution in [1.29, 1.82) is 0 Å². The number of aliphatic hydroxyl groups is 1. The molecule has 0 unspecified atom stereocenters. The van der Waals surface area contributed by atoms with E-state index in [0.717, 1.165) is 12.3 Å². The summed E-state index contributed by atoms with van der Waals surface area (Å²) >= 11 is 0. The fraction of sp³-hybridized carbons (Fsp3) is 0.458. The lowest BCUT2D eigenvalue weighted by Gasteiger charge is -2.30. The molecule has 7 nitrogen and oxygen atoms in total. The van der Waals surface area contributed by atoms with E-state index in [1.807, 2.05) is 13.8 Å². The number of halogens is 2.